The Balaban J connectivity index is 1.99. The van der Waals surface area contributed by atoms with E-state index in [2.05, 4.69) is 5.32 Å². The minimum Gasteiger partial charge on any atom is -0.497 e. The van der Waals surface area contributed by atoms with Gasteiger partial charge in [0.1, 0.15) is 11.2 Å². The van der Waals surface area contributed by atoms with Gasteiger partial charge in [-0.1, -0.05) is 30.3 Å². The van der Waals surface area contributed by atoms with E-state index in [1.54, 1.807) is 25.9 Å². The Morgan fingerprint density at radius 3 is 2.41 bits per heavy atom. The first-order valence-corrected chi connectivity index (χ1v) is 9.18. The van der Waals surface area contributed by atoms with Gasteiger partial charge in [-0.2, -0.15) is 0 Å². The number of methoxy groups -OCH3 is 1. The lowest BCUT2D eigenvalue weighted by molar-refractivity contribution is -0.139. The molecule has 0 saturated heterocycles. The summed E-state index contributed by atoms with van der Waals surface area (Å²) in [6.07, 6.45) is 0.670. The van der Waals surface area contributed by atoms with E-state index < -0.39 is 5.41 Å². The molecule has 27 heavy (non-hydrogen) atoms. The maximum atomic E-state index is 13.0. The van der Waals surface area contributed by atoms with Crippen LogP contribution in [0.4, 0.5) is 5.69 Å². The van der Waals surface area contributed by atoms with Gasteiger partial charge in [0.2, 0.25) is 11.8 Å². The van der Waals surface area contributed by atoms with E-state index in [1.165, 1.54) is 0 Å². The molecule has 0 spiro atoms. The zero-order valence-electron chi connectivity index (χ0n) is 16.5. The lowest BCUT2D eigenvalue weighted by Gasteiger charge is -2.30. The number of hydrogen-bond acceptors (Lipinski definition) is 3. The predicted molar refractivity (Wildman–Crippen MR) is 108 cm³/mol. The molecule has 0 heterocycles. The maximum Gasteiger partial charge on any atom is 0.242 e. The fraction of sp³-hybridized carbons (Fsp3) is 0.364. The highest BCUT2D eigenvalue weighted by Crippen LogP contribution is 2.24. The van der Waals surface area contributed by atoms with Crippen LogP contribution in [0, 0.1) is 5.41 Å². The highest BCUT2D eigenvalue weighted by atomic mass is 16.5. The Morgan fingerprint density at radius 1 is 1.07 bits per heavy atom. The topological polar surface area (TPSA) is 58.6 Å². The number of nitrogens with zero attached hydrogens (tertiary/aromatic N) is 1. The van der Waals surface area contributed by atoms with E-state index in [9.17, 15) is 9.59 Å². The molecule has 1 N–H and O–H groups in total. The quantitative estimate of drug-likeness (QED) is 0.726. The van der Waals surface area contributed by atoms with Crippen LogP contribution in [-0.2, 0) is 16.0 Å². The Kier molecular flexibility index (Phi) is 6.99. The van der Waals surface area contributed by atoms with Crippen molar-refractivity contribution in [3.05, 3.63) is 60.2 Å². The van der Waals surface area contributed by atoms with Crippen LogP contribution in [0.15, 0.2) is 54.6 Å². The zero-order valence-corrected chi connectivity index (χ0v) is 16.5. The molecule has 0 aliphatic rings. The minimum absolute atomic E-state index is 0.213. The number of anilines is 1. The van der Waals surface area contributed by atoms with Crippen molar-refractivity contribution in [3.63, 3.8) is 0 Å². The number of rotatable bonds is 8. The third-order valence-corrected chi connectivity index (χ3v) is 4.56. The summed E-state index contributed by atoms with van der Waals surface area (Å²) < 4.78 is 5.21. The number of hydrogen-bond donors (Lipinski definition) is 1. The molecule has 2 amide bonds. The summed E-state index contributed by atoms with van der Waals surface area (Å²) in [7, 11) is 1.63. The van der Waals surface area contributed by atoms with Crippen molar-refractivity contribution in [2.45, 2.75) is 27.2 Å². The number of carbonyl (C=O) groups is 2. The molecule has 5 heteroatoms. The molecule has 2 aromatic carbocycles. The average Bonchev–Trinajstić information content (AvgIpc) is 2.69. The lowest BCUT2D eigenvalue weighted by atomic mass is 9.90. The van der Waals surface area contributed by atoms with Gasteiger partial charge in [-0.25, -0.2) is 0 Å². The molecule has 0 aliphatic carbocycles. The first-order valence-electron chi connectivity index (χ1n) is 9.18. The number of amides is 2. The molecule has 0 bridgehead atoms. The molecule has 5 nitrogen and oxygen atoms in total. The Morgan fingerprint density at radius 2 is 1.78 bits per heavy atom. The lowest BCUT2D eigenvalue weighted by Crippen LogP contribution is -2.50. The fourth-order valence-corrected chi connectivity index (χ4v) is 2.86. The van der Waals surface area contributed by atoms with Gasteiger partial charge in [0.15, 0.2) is 0 Å². The summed E-state index contributed by atoms with van der Waals surface area (Å²) >= 11 is 0. The van der Waals surface area contributed by atoms with Crippen molar-refractivity contribution in [1.82, 2.24) is 5.32 Å². The molecular formula is C22H28N2O3. The smallest absolute Gasteiger partial charge is 0.242 e. The van der Waals surface area contributed by atoms with Gasteiger partial charge in [0.05, 0.1) is 7.11 Å². The van der Waals surface area contributed by atoms with E-state index in [1.807, 2.05) is 61.5 Å². The Labute approximate surface area is 161 Å². The Bertz CT molecular complexity index is 772. The summed E-state index contributed by atoms with van der Waals surface area (Å²) in [5.41, 5.74) is 0.709. The van der Waals surface area contributed by atoms with Crippen LogP contribution in [0.3, 0.4) is 0 Å². The van der Waals surface area contributed by atoms with Crippen LogP contribution in [-0.4, -0.2) is 32.0 Å². The van der Waals surface area contributed by atoms with Crippen LogP contribution in [0.2, 0.25) is 0 Å². The highest BCUT2D eigenvalue weighted by Gasteiger charge is 2.39. The summed E-state index contributed by atoms with van der Waals surface area (Å²) in [5.74, 6) is 0.302. The molecule has 0 aromatic heterocycles. The van der Waals surface area contributed by atoms with Gasteiger partial charge in [0.25, 0.3) is 0 Å². The third-order valence-electron chi connectivity index (χ3n) is 4.56. The van der Waals surface area contributed by atoms with Gasteiger partial charge in [-0.05, 0) is 57.0 Å². The molecule has 0 atom stereocenters. The molecule has 0 fully saturated rings. The van der Waals surface area contributed by atoms with Crippen LogP contribution < -0.4 is 15.0 Å². The van der Waals surface area contributed by atoms with Gasteiger partial charge in [-0.3, -0.25) is 9.59 Å². The minimum atomic E-state index is -1.15. The molecule has 0 radical (unpaired) electrons. The van der Waals surface area contributed by atoms with E-state index in [-0.39, 0.29) is 11.8 Å². The van der Waals surface area contributed by atoms with E-state index in [4.69, 9.17) is 4.74 Å². The van der Waals surface area contributed by atoms with Crippen LogP contribution in [0.25, 0.3) is 0 Å². The van der Waals surface area contributed by atoms with Crippen molar-refractivity contribution in [3.8, 4) is 5.75 Å². The maximum absolute atomic E-state index is 13.0. The SMILES string of the molecule is CCN(C(=O)C(C)(C)C(=O)NCCc1cccc(OC)c1)c1ccccc1. The van der Waals surface area contributed by atoms with Crippen LogP contribution in [0.5, 0.6) is 5.75 Å². The van der Waals surface area contributed by atoms with Crippen molar-refractivity contribution < 1.29 is 14.3 Å². The molecular weight excluding hydrogens is 340 g/mol. The fourth-order valence-electron chi connectivity index (χ4n) is 2.86. The predicted octanol–water partition coefficient (Wildman–Crippen LogP) is 3.43. The van der Waals surface area contributed by atoms with Crippen molar-refractivity contribution in [1.29, 1.82) is 0 Å². The molecule has 144 valence electrons. The number of benzene rings is 2. The van der Waals surface area contributed by atoms with Crippen molar-refractivity contribution in [2.75, 3.05) is 25.1 Å². The normalized spacial score (nSPS) is 11.0. The second-order valence-corrected chi connectivity index (χ2v) is 6.87. The standard InChI is InChI=1S/C22H28N2O3/c1-5-24(18-11-7-6-8-12-18)21(26)22(2,3)20(25)23-15-14-17-10-9-13-19(16-17)27-4/h6-13,16H,5,14-15H2,1-4H3,(H,23,25). The Hall–Kier alpha value is -2.82. The number of para-hydroxylation sites is 1. The monoisotopic (exact) mass is 368 g/mol. The first-order chi connectivity index (χ1) is 12.9. The van der Waals surface area contributed by atoms with Crippen molar-refractivity contribution in [2.24, 2.45) is 5.41 Å². The van der Waals surface area contributed by atoms with E-state index >= 15 is 0 Å². The summed E-state index contributed by atoms with van der Waals surface area (Å²) in [6, 6.07) is 17.1. The molecule has 2 aromatic rings. The zero-order chi connectivity index (χ0) is 19.9. The third kappa shape index (κ3) is 5.09. The van der Waals surface area contributed by atoms with Gasteiger partial charge >= 0.3 is 0 Å². The summed E-state index contributed by atoms with van der Waals surface area (Å²) in [4.78, 5) is 27.3. The van der Waals surface area contributed by atoms with Gasteiger partial charge < -0.3 is 15.0 Å². The number of carbonyl (C=O) groups excluding carboxylic acids is 2. The summed E-state index contributed by atoms with van der Waals surface area (Å²) in [6.45, 7) is 6.20. The van der Waals surface area contributed by atoms with Gasteiger partial charge in [0, 0.05) is 18.8 Å². The van der Waals surface area contributed by atoms with Crippen LogP contribution >= 0.6 is 0 Å². The average molecular weight is 368 g/mol. The highest BCUT2D eigenvalue weighted by molar-refractivity contribution is 6.11. The van der Waals surface area contributed by atoms with Crippen molar-refractivity contribution >= 4 is 17.5 Å². The molecule has 0 unspecified atom stereocenters. The summed E-state index contributed by atoms with van der Waals surface area (Å²) in [5, 5.41) is 2.89. The van der Waals surface area contributed by atoms with E-state index in [0.717, 1.165) is 17.0 Å². The molecule has 2 rings (SSSR count). The van der Waals surface area contributed by atoms with Crippen LogP contribution in [0.1, 0.15) is 26.3 Å². The van der Waals surface area contributed by atoms with E-state index in [0.29, 0.717) is 19.5 Å². The van der Waals surface area contributed by atoms with Gasteiger partial charge in [-0.15, -0.1) is 0 Å². The number of nitrogens with one attached hydrogen (secondary N) is 1. The first kappa shape index (κ1) is 20.5. The molecule has 0 aliphatic heterocycles. The largest absolute Gasteiger partial charge is 0.497 e. The second-order valence-electron chi connectivity index (χ2n) is 6.87. The second kappa shape index (κ2) is 9.21. The number of ether oxygens (including phenoxy) is 1. The molecule has 0 saturated carbocycles.